The first-order valence-corrected chi connectivity index (χ1v) is 15.8. The summed E-state index contributed by atoms with van der Waals surface area (Å²) in [4.78, 5) is 33.5. The van der Waals surface area contributed by atoms with E-state index >= 15 is 0 Å². The normalized spacial score (nSPS) is 13.5. The zero-order valence-corrected chi connectivity index (χ0v) is 30.0. The predicted octanol–water partition coefficient (Wildman–Crippen LogP) is 9.50. The largest absolute Gasteiger partial charge is 2.00 e. The van der Waals surface area contributed by atoms with E-state index in [2.05, 4.69) is 44.3 Å². The Kier molecular flexibility index (Phi) is 10.9. The van der Waals surface area contributed by atoms with Gasteiger partial charge >= 0.3 is 21.1 Å². The van der Waals surface area contributed by atoms with Crippen LogP contribution in [0, 0.1) is 23.7 Å². The fraction of sp³-hybridized carbons (Fsp3) is 0. The van der Waals surface area contributed by atoms with E-state index in [-0.39, 0.29) is 32.9 Å². The van der Waals surface area contributed by atoms with E-state index in [9.17, 15) is 9.59 Å². The molecule has 6 nitrogen and oxygen atoms in total. The smallest absolute Gasteiger partial charge is 0.621 e. The first-order valence-electron chi connectivity index (χ1n) is 15.8. The summed E-state index contributed by atoms with van der Waals surface area (Å²) in [5, 5.41) is 8.09. The van der Waals surface area contributed by atoms with Crippen LogP contribution in [0.3, 0.4) is 0 Å². The van der Waals surface area contributed by atoms with E-state index in [1.54, 1.807) is 0 Å². The second-order valence-electron chi connectivity index (χ2n) is 11.1. The maximum atomic E-state index is 12.2. The maximum Gasteiger partial charge on any atom is 2.00 e. The van der Waals surface area contributed by atoms with Crippen molar-refractivity contribution >= 4 is 46.0 Å². The molecule has 0 saturated heterocycles. The van der Waals surface area contributed by atoms with Gasteiger partial charge in [-0.3, -0.25) is 0 Å². The number of aliphatic imine (C=N–C) groups is 2. The summed E-state index contributed by atoms with van der Waals surface area (Å²) in [6, 6.07) is 49.5. The number of hydrogen-bond donors (Lipinski definition) is 0. The average Bonchev–Trinajstić information content (AvgIpc) is 3.66. The first-order chi connectivity index (χ1) is 24.6. The molecule has 6 aromatic carbocycles. The molecule has 51 heavy (non-hydrogen) atoms. The zero-order chi connectivity index (χ0) is 34.1. The van der Waals surface area contributed by atoms with Crippen LogP contribution in [0.4, 0.5) is 22.7 Å². The molecule has 0 bridgehead atoms. The van der Waals surface area contributed by atoms with Crippen molar-refractivity contribution in [3.8, 4) is 23.7 Å². The molecule has 0 radical (unpaired) electrons. The molecule has 6 aromatic rings. The monoisotopic (exact) mass is 826 g/mol. The van der Waals surface area contributed by atoms with E-state index in [0.717, 1.165) is 33.4 Å². The molecule has 0 spiro atoms. The Morgan fingerprint density at radius 3 is 1.18 bits per heavy atom. The minimum absolute atomic E-state index is 0. The standard InChI is InChI=1S/2C22H14N2O.W/c2*25-22-21(18-11-5-7-13-20(18)24-22)23-19-12-6-4-10-17(19)15-14-16-8-2-1-3-9-16;/h2*1-13H,(H,23,24,25);/q;;+2/p-2. The van der Waals surface area contributed by atoms with E-state index in [0.29, 0.717) is 34.2 Å². The summed E-state index contributed by atoms with van der Waals surface area (Å²) in [6.45, 7) is 0. The second-order valence-corrected chi connectivity index (χ2v) is 11.1. The summed E-state index contributed by atoms with van der Waals surface area (Å²) >= 11 is 0. The number of hydrogen-bond acceptors (Lipinski definition) is 4. The summed E-state index contributed by atoms with van der Waals surface area (Å²) in [7, 11) is 0. The van der Waals surface area contributed by atoms with Crippen molar-refractivity contribution < 1.29 is 30.7 Å². The van der Waals surface area contributed by atoms with Crippen molar-refractivity contribution in [3.05, 3.63) is 202 Å². The molecule has 0 unspecified atom stereocenters. The Hall–Kier alpha value is -6.59. The van der Waals surface area contributed by atoms with Crippen molar-refractivity contribution in [2.75, 3.05) is 0 Å². The Balaban J connectivity index is 0.000000172. The molecule has 0 saturated carbocycles. The van der Waals surface area contributed by atoms with Gasteiger partial charge in [0.2, 0.25) is 0 Å². The van der Waals surface area contributed by atoms with Crippen molar-refractivity contribution in [1.82, 2.24) is 0 Å². The Morgan fingerprint density at radius 1 is 0.392 bits per heavy atom. The Morgan fingerprint density at radius 2 is 0.745 bits per heavy atom. The van der Waals surface area contributed by atoms with Crippen molar-refractivity contribution in [1.29, 1.82) is 0 Å². The number of rotatable bonds is 2. The van der Waals surface area contributed by atoms with Crippen LogP contribution in [-0.2, 0) is 30.7 Å². The van der Waals surface area contributed by atoms with Crippen molar-refractivity contribution in [2.45, 2.75) is 0 Å². The minimum atomic E-state index is -0.313. The molecule has 0 atom stereocenters. The number of nitrogens with zero attached hydrogens (tertiary/aromatic N) is 4. The van der Waals surface area contributed by atoms with Gasteiger partial charge in [-0.05, 0) is 59.7 Å². The topological polar surface area (TPSA) is 87.1 Å². The molecule has 0 N–H and O–H groups in total. The maximum absolute atomic E-state index is 12.2. The van der Waals surface area contributed by atoms with Crippen molar-refractivity contribution in [2.24, 2.45) is 9.98 Å². The number of benzene rings is 6. The molecule has 240 valence electrons. The van der Waals surface area contributed by atoms with Crippen LogP contribution in [0.25, 0.3) is 10.6 Å². The molecule has 8 rings (SSSR count). The summed E-state index contributed by atoms with van der Waals surface area (Å²) in [5.74, 6) is 11.9. The number of para-hydroxylation sites is 4. The van der Waals surface area contributed by atoms with Gasteiger partial charge in [0.1, 0.15) is 11.8 Å². The Labute approximate surface area is 310 Å². The van der Waals surface area contributed by atoms with Crippen molar-refractivity contribution in [3.63, 3.8) is 0 Å². The third kappa shape index (κ3) is 8.18. The molecule has 2 aliphatic heterocycles. The number of carbonyl (C=O) groups excluding carboxylic acids is 2. The summed E-state index contributed by atoms with van der Waals surface area (Å²) < 4.78 is 0. The van der Waals surface area contributed by atoms with Gasteiger partial charge in [0.25, 0.3) is 0 Å². The van der Waals surface area contributed by atoms with Crippen LogP contribution in [0.1, 0.15) is 33.4 Å². The third-order valence-electron chi connectivity index (χ3n) is 7.67. The molecular formula is C44H26N4O2W. The van der Waals surface area contributed by atoms with Crippen LogP contribution < -0.4 is 0 Å². The quantitative estimate of drug-likeness (QED) is 0.163. The predicted molar refractivity (Wildman–Crippen MR) is 199 cm³/mol. The fourth-order valence-corrected chi connectivity index (χ4v) is 5.23. The molecular weight excluding hydrogens is 800 g/mol. The molecule has 2 heterocycles. The summed E-state index contributed by atoms with van der Waals surface area (Å²) in [6.07, 6.45) is 0. The van der Waals surface area contributed by atoms with Gasteiger partial charge in [-0.15, -0.1) is 11.4 Å². The average molecular weight is 827 g/mol. The second kappa shape index (κ2) is 16.2. The van der Waals surface area contributed by atoms with Gasteiger partial charge in [0, 0.05) is 11.1 Å². The van der Waals surface area contributed by atoms with Crippen LogP contribution >= 0.6 is 0 Å². The molecule has 7 heteroatoms. The minimum Gasteiger partial charge on any atom is -0.621 e. The van der Waals surface area contributed by atoms with Crippen LogP contribution in [0.15, 0.2) is 168 Å². The zero-order valence-electron chi connectivity index (χ0n) is 27.0. The van der Waals surface area contributed by atoms with Crippen LogP contribution in [0.5, 0.6) is 0 Å². The first kappa shape index (κ1) is 34.3. The van der Waals surface area contributed by atoms with Gasteiger partial charge in [0.15, 0.2) is 0 Å². The van der Waals surface area contributed by atoms with Gasteiger partial charge in [-0.25, -0.2) is 9.98 Å². The number of fused-ring (bicyclic) bond motifs is 2. The molecule has 2 aliphatic rings. The molecule has 0 aromatic heterocycles. The van der Waals surface area contributed by atoms with Gasteiger partial charge < -0.3 is 20.2 Å². The van der Waals surface area contributed by atoms with E-state index < -0.39 is 0 Å². The molecule has 0 fully saturated rings. The van der Waals surface area contributed by atoms with Gasteiger partial charge in [-0.2, -0.15) is 0 Å². The van der Waals surface area contributed by atoms with Crippen LogP contribution in [0.2, 0.25) is 0 Å². The van der Waals surface area contributed by atoms with Crippen LogP contribution in [-0.4, -0.2) is 23.2 Å². The van der Waals surface area contributed by atoms with E-state index in [4.69, 9.17) is 0 Å². The molecule has 2 amide bonds. The fourth-order valence-electron chi connectivity index (χ4n) is 5.23. The number of carbonyl (C=O) groups is 2. The summed E-state index contributed by atoms with van der Waals surface area (Å²) in [5.41, 5.74) is 8.34. The third-order valence-corrected chi connectivity index (χ3v) is 7.67. The van der Waals surface area contributed by atoms with E-state index in [1.165, 1.54) is 0 Å². The SMILES string of the molecule is O=C1[N-]c2ccccc2C1=Nc1ccccc1C#Cc1ccccc1.O=C1[N-]c2ccccc2C1=Nc1ccccc1C#Cc1ccccc1.[W+2]. The Bertz CT molecular complexity index is 2260. The van der Waals surface area contributed by atoms with Gasteiger partial charge in [0.05, 0.1) is 33.9 Å². The molecule has 0 aliphatic carbocycles. The number of amides is 2. The van der Waals surface area contributed by atoms with Gasteiger partial charge in [-0.1, -0.05) is 133 Å². The van der Waals surface area contributed by atoms with E-state index in [1.807, 2.05) is 158 Å².